The lowest BCUT2D eigenvalue weighted by Crippen LogP contribution is -2.22. The smallest absolute Gasteiger partial charge is 0.263 e. The minimum atomic E-state index is -0.0726. The van der Waals surface area contributed by atoms with Gasteiger partial charge in [0, 0.05) is 6.54 Å². The normalized spacial score (nSPS) is 10.3. The molecule has 2 aromatic heterocycles. The largest absolute Gasteiger partial charge is 0.283 e. The van der Waals surface area contributed by atoms with E-state index in [1.54, 1.807) is 16.7 Å². The fraction of sp³-hybridized carbons (Fsp3) is 0.182. The molecule has 17 heavy (non-hydrogen) atoms. The molecule has 0 unspecified atom stereocenters. The summed E-state index contributed by atoms with van der Waals surface area (Å²) in [5, 5.41) is 11.6. The van der Waals surface area contributed by atoms with E-state index < -0.39 is 0 Å². The average Bonchev–Trinajstić information content (AvgIpc) is 2.79. The van der Waals surface area contributed by atoms with Gasteiger partial charge in [0.15, 0.2) is 5.16 Å². The molecule has 0 bridgehead atoms. The van der Waals surface area contributed by atoms with Crippen LogP contribution in [-0.4, -0.2) is 15.3 Å². The van der Waals surface area contributed by atoms with Gasteiger partial charge in [-0.1, -0.05) is 17.8 Å². The van der Waals surface area contributed by atoms with Gasteiger partial charge in [-0.25, -0.2) is 4.98 Å². The van der Waals surface area contributed by atoms with Gasteiger partial charge in [-0.15, -0.1) is 17.9 Å². The molecule has 0 aliphatic carbocycles. The Morgan fingerprint density at radius 1 is 1.71 bits per heavy atom. The van der Waals surface area contributed by atoms with E-state index in [4.69, 9.17) is 5.26 Å². The molecule has 0 atom stereocenters. The Morgan fingerprint density at radius 3 is 3.24 bits per heavy atom. The zero-order chi connectivity index (χ0) is 12.3. The summed E-state index contributed by atoms with van der Waals surface area (Å²) in [6.07, 6.45) is 1.65. The number of nitriles is 1. The van der Waals surface area contributed by atoms with Crippen LogP contribution in [0.3, 0.4) is 0 Å². The molecule has 0 amide bonds. The Hall–Kier alpha value is -1.58. The summed E-state index contributed by atoms with van der Waals surface area (Å²) in [4.78, 5) is 17.3. The van der Waals surface area contributed by atoms with Gasteiger partial charge in [-0.3, -0.25) is 9.36 Å². The van der Waals surface area contributed by atoms with Crippen LogP contribution in [-0.2, 0) is 6.54 Å². The second kappa shape index (κ2) is 5.17. The summed E-state index contributed by atoms with van der Waals surface area (Å²) in [7, 11) is 0. The van der Waals surface area contributed by atoms with Crippen LogP contribution in [0.2, 0.25) is 0 Å². The predicted octanol–water partition coefficient (Wildman–Crippen LogP) is 2.26. The molecule has 0 fully saturated rings. The van der Waals surface area contributed by atoms with Crippen LogP contribution in [0.1, 0.15) is 0 Å². The topological polar surface area (TPSA) is 58.7 Å². The molecule has 2 rings (SSSR count). The molecule has 0 saturated heterocycles. The summed E-state index contributed by atoms with van der Waals surface area (Å²) in [6, 6.07) is 3.80. The predicted molar refractivity (Wildman–Crippen MR) is 70.4 cm³/mol. The maximum atomic E-state index is 12.1. The highest BCUT2D eigenvalue weighted by molar-refractivity contribution is 7.99. The first-order valence-corrected chi connectivity index (χ1v) is 6.73. The molecular formula is C11H9N3OS2. The van der Waals surface area contributed by atoms with E-state index >= 15 is 0 Å². The minimum absolute atomic E-state index is 0.0726. The molecule has 0 spiro atoms. The molecular weight excluding hydrogens is 254 g/mol. The van der Waals surface area contributed by atoms with Crippen LogP contribution < -0.4 is 5.56 Å². The SMILES string of the molecule is C=CCn1c(SCC#N)nc2sccc2c1=O. The van der Waals surface area contributed by atoms with Gasteiger partial charge in [0.25, 0.3) is 5.56 Å². The van der Waals surface area contributed by atoms with Crippen molar-refractivity contribution in [2.24, 2.45) is 0 Å². The Labute approximate surface area is 106 Å². The van der Waals surface area contributed by atoms with Crippen molar-refractivity contribution in [1.29, 1.82) is 5.26 Å². The number of hydrogen-bond donors (Lipinski definition) is 0. The number of rotatable bonds is 4. The summed E-state index contributed by atoms with van der Waals surface area (Å²) in [6.45, 7) is 4.04. The zero-order valence-electron chi connectivity index (χ0n) is 8.92. The standard InChI is InChI=1S/C11H9N3OS2/c1-2-5-14-10(15)8-3-6-16-9(8)13-11(14)17-7-4-12/h2-3,6H,1,5,7H2. The third kappa shape index (κ3) is 2.25. The van der Waals surface area contributed by atoms with E-state index in [0.29, 0.717) is 17.1 Å². The lowest BCUT2D eigenvalue weighted by molar-refractivity contribution is 0.673. The van der Waals surface area contributed by atoms with Crippen molar-refractivity contribution in [2.45, 2.75) is 11.7 Å². The van der Waals surface area contributed by atoms with Crippen LogP contribution in [0.25, 0.3) is 10.2 Å². The van der Waals surface area contributed by atoms with Crippen LogP contribution in [0.15, 0.2) is 34.1 Å². The fourth-order valence-electron chi connectivity index (χ4n) is 1.43. The third-order valence-corrected chi connectivity index (χ3v) is 3.78. The Kier molecular flexibility index (Phi) is 3.61. The first-order valence-electron chi connectivity index (χ1n) is 4.86. The second-order valence-corrected chi connectivity index (χ2v) is 5.02. The van der Waals surface area contributed by atoms with Crippen molar-refractivity contribution < 1.29 is 0 Å². The van der Waals surface area contributed by atoms with Crippen LogP contribution in [0.4, 0.5) is 0 Å². The highest BCUT2D eigenvalue weighted by Crippen LogP contribution is 2.20. The molecule has 0 aliphatic rings. The van der Waals surface area contributed by atoms with E-state index in [-0.39, 0.29) is 11.3 Å². The highest BCUT2D eigenvalue weighted by atomic mass is 32.2. The van der Waals surface area contributed by atoms with Crippen molar-refractivity contribution in [3.8, 4) is 6.07 Å². The first-order chi connectivity index (χ1) is 8.27. The first kappa shape index (κ1) is 11.9. The van der Waals surface area contributed by atoms with E-state index in [1.165, 1.54) is 23.1 Å². The van der Waals surface area contributed by atoms with E-state index in [1.807, 2.05) is 11.4 Å². The molecule has 6 heteroatoms. The number of hydrogen-bond acceptors (Lipinski definition) is 5. The molecule has 0 N–H and O–H groups in total. The zero-order valence-corrected chi connectivity index (χ0v) is 10.6. The van der Waals surface area contributed by atoms with Gasteiger partial charge in [0.05, 0.1) is 17.2 Å². The number of aromatic nitrogens is 2. The van der Waals surface area contributed by atoms with Gasteiger partial charge in [0.2, 0.25) is 0 Å². The average molecular weight is 263 g/mol. The van der Waals surface area contributed by atoms with E-state index in [9.17, 15) is 4.79 Å². The molecule has 0 aromatic carbocycles. The highest BCUT2D eigenvalue weighted by Gasteiger charge is 2.11. The van der Waals surface area contributed by atoms with Crippen LogP contribution >= 0.6 is 23.1 Å². The summed E-state index contributed by atoms with van der Waals surface area (Å²) in [5.41, 5.74) is -0.0726. The van der Waals surface area contributed by atoms with Crippen molar-refractivity contribution in [3.05, 3.63) is 34.5 Å². The molecule has 0 saturated carbocycles. The van der Waals surface area contributed by atoms with E-state index in [2.05, 4.69) is 11.6 Å². The Morgan fingerprint density at radius 2 is 2.53 bits per heavy atom. The summed E-state index contributed by atoms with van der Waals surface area (Å²) >= 11 is 2.70. The number of thiophene rings is 1. The third-order valence-electron chi connectivity index (χ3n) is 2.13. The van der Waals surface area contributed by atoms with Gasteiger partial charge < -0.3 is 0 Å². The minimum Gasteiger partial charge on any atom is -0.283 e. The van der Waals surface area contributed by atoms with Crippen molar-refractivity contribution in [1.82, 2.24) is 9.55 Å². The van der Waals surface area contributed by atoms with E-state index in [0.717, 1.165) is 4.83 Å². The molecule has 86 valence electrons. The maximum Gasteiger partial charge on any atom is 0.263 e. The molecule has 2 heterocycles. The summed E-state index contributed by atoms with van der Waals surface area (Å²) < 4.78 is 1.55. The van der Waals surface area contributed by atoms with Gasteiger partial charge in [-0.2, -0.15) is 5.26 Å². The van der Waals surface area contributed by atoms with Gasteiger partial charge in [-0.05, 0) is 11.4 Å². The second-order valence-electron chi connectivity index (χ2n) is 3.19. The number of allylic oxidation sites excluding steroid dienone is 1. The van der Waals surface area contributed by atoms with Crippen molar-refractivity contribution in [3.63, 3.8) is 0 Å². The monoisotopic (exact) mass is 263 g/mol. The quantitative estimate of drug-likeness (QED) is 0.482. The van der Waals surface area contributed by atoms with Crippen LogP contribution in [0.5, 0.6) is 0 Å². The van der Waals surface area contributed by atoms with Crippen LogP contribution in [0, 0.1) is 11.3 Å². The molecule has 2 aromatic rings. The van der Waals surface area contributed by atoms with Gasteiger partial charge in [0.1, 0.15) is 4.83 Å². The number of fused-ring (bicyclic) bond motifs is 1. The maximum absolute atomic E-state index is 12.1. The Bertz CT molecular complexity index is 651. The number of thioether (sulfide) groups is 1. The van der Waals surface area contributed by atoms with Gasteiger partial charge >= 0.3 is 0 Å². The van der Waals surface area contributed by atoms with Crippen molar-refractivity contribution in [2.75, 3.05) is 5.75 Å². The molecule has 0 aliphatic heterocycles. The van der Waals surface area contributed by atoms with Crippen molar-refractivity contribution >= 4 is 33.3 Å². The lowest BCUT2D eigenvalue weighted by Gasteiger charge is -2.07. The fourth-order valence-corrected chi connectivity index (χ4v) is 2.90. The molecule has 4 nitrogen and oxygen atoms in total. The number of nitrogens with zero attached hydrogens (tertiary/aromatic N) is 3. The molecule has 0 radical (unpaired) electrons. The lowest BCUT2D eigenvalue weighted by atomic mass is 10.4. The summed E-state index contributed by atoms with van der Waals surface area (Å²) in [5.74, 6) is 0.278. The Balaban J connectivity index is 2.62.